The number of benzene rings is 1. The second-order valence-corrected chi connectivity index (χ2v) is 4.94. The van der Waals surface area contributed by atoms with Gasteiger partial charge in [0.2, 0.25) is 0 Å². The molecule has 0 saturated heterocycles. The maximum absolute atomic E-state index is 9.31. The zero-order valence-electron chi connectivity index (χ0n) is 11.5. The van der Waals surface area contributed by atoms with Crippen molar-refractivity contribution in [1.82, 2.24) is 14.5 Å². The lowest BCUT2D eigenvalue weighted by Crippen LogP contribution is -2.35. The van der Waals surface area contributed by atoms with Crippen molar-refractivity contribution in [2.45, 2.75) is 19.0 Å². The van der Waals surface area contributed by atoms with Crippen molar-refractivity contribution in [3.8, 4) is 0 Å². The zero-order valence-corrected chi connectivity index (χ0v) is 11.5. The topological polar surface area (TPSA) is 61.5 Å². The van der Waals surface area contributed by atoms with Gasteiger partial charge in [0, 0.05) is 26.2 Å². The Morgan fingerprint density at radius 1 is 1.37 bits per heavy atom. The van der Waals surface area contributed by atoms with Crippen molar-refractivity contribution in [2.75, 3.05) is 20.3 Å². The minimum Gasteiger partial charge on any atom is -0.396 e. The van der Waals surface area contributed by atoms with Crippen LogP contribution in [0.25, 0.3) is 11.0 Å². The molecular weight excluding hydrogens is 242 g/mol. The third-order valence-corrected chi connectivity index (χ3v) is 3.52. The summed E-state index contributed by atoms with van der Waals surface area (Å²) in [4.78, 5) is 6.40. The lowest BCUT2D eigenvalue weighted by Gasteiger charge is -2.25. The molecule has 0 amide bonds. The molecule has 0 fully saturated rings. The number of fused-ring (bicyclic) bond motifs is 1. The molecule has 0 aliphatic heterocycles. The molecule has 1 aromatic carbocycles. The number of aliphatic hydroxyl groups is 2. The molecule has 1 atom stereocenters. The van der Waals surface area contributed by atoms with Crippen LogP contribution in [0.4, 0.5) is 0 Å². The molecule has 0 bridgehead atoms. The number of nitrogens with zero attached hydrogens (tertiary/aromatic N) is 3. The SMILES string of the molecule is CN(Cc1ccc2c(c1)ncn2C)C(CO)CCO. The maximum atomic E-state index is 9.31. The van der Waals surface area contributed by atoms with Crippen molar-refractivity contribution in [3.05, 3.63) is 30.1 Å². The standard InChI is InChI=1S/C14H21N3O2/c1-16(12(9-19)5-6-18)8-11-3-4-14-13(7-11)15-10-17(14)2/h3-4,7,10,12,18-19H,5-6,8-9H2,1-2H3. The summed E-state index contributed by atoms with van der Waals surface area (Å²) in [5.41, 5.74) is 3.25. The van der Waals surface area contributed by atoms with Gasteiger partial charge in [0.25, 0.3) is 0 Å². The van der Waals surface area contributed by atoms with Crippen molar-refractivity contribution < 1.29 is 10.2 Å². The summed E-state index contributed by atoms with van der Waals surface area (Å²) in [6, 6.07) is 6.20. The molecule has 1 heterocycles. The van der Waals surface area contributed by atoms with E-state index in [0.29, 0.717) is 6.42 Å². The Hall–Kier alpha value is -1.43. The van der Waals surface area contributed by atoms with E-state index in [1.165, 1.54) is 0 Å². The number of aryl methyl sites for hydroxylation is 1. The Morgan fingerprint density at radius 3 is 2.84 bits per heavy atom. The van der Waals surface area contributed by atoms with Crippen LogP contribution in [0.3, 0.4) is 0 Å². The molecule has 2 N–H and O–H groups in total. The maximum Gasteiger partial charge on any atom is 0.0955 e. The fourth-order valence-electron chi connectivity index (χ4n) is 2.30. The Morgan fingerprint density at radius 2 is 2.16 bits per heavy atom. The van der Waals surface area contributed by atoms with Gasteiger partial charge in [-0.05, 0) is 31.2 Å². The van der Waals surface area contributed by atoms with Crippen LogP contribution in [-0.2, 0) is 13.6 Å². The van der Waals surface area contributed by atoms with Gasteiger partial charge < -0.3 is 14.8 Å². The summed E-state index contributed by atoms with van der Waals surface area (Å²) in [5.74, 6) is 0. The largest absolute Gasteiger partial charge is 0.396 e. The first kappa shape index (κ1) is 14.0. The van der Waals surface area contributed by atoms with Crippen LogP contribution >= 0.6 is 0 Å². The Balaban J connectivity index is 2.11. The Bertz CT molecular complexity index is 538. The van der Waals surface area contributed by atoms with Crippen LogP contribution in [0, 0.1) is 0 Å². The van der Waals surface area contributed by atoms with Crippen molar-refractivity contribution in [2.24, 2.45) is 7.05 Å². The predicted molar refractivity (Wildman–Crippen MR) is 74.8 cm³/mol. The second-order valence-electron chi connectivity index (χ2n) is 4.94. The summed E-state index contributed by atoms with van der Waals surface area (Å²) < 4.78 is 1.99. The van der Waals surface area contributed by atoms with Gasteiger partial charge >= 0.3 is 0 Å². The third-order valence-electron chi connectivity index (χ3n) is 3.52. The number of aromatic nitrogens is 2. The van der Waals surface area contributed by atoms with Crippen LogP contribution in [0.5, 0.6) is 0 Å². The van der Waals surface area contributed by atoms with Gasteiger partial charge in [-0.1, -0.05) is 6.07 Å². The smallest absolute Gasteiger partial charge is 0.0955 e. The van der Waals surface area contributed by atoms with E-state index in [1.807, 2.05) is 18.7 Å². The first-order valence-electron chi connectivity index (χ1n) is 6.47. The number of rotatable bonds is 6. The van der Waals surface area contributed by atoms with Gasteiger partial charge in [0.1, 0.15) is 0 Å². The molecule has 104 valence electrons. The summed E-state index contributed by atoms with van der Waals surface area (Å²) in [5, 5.41) is 18.3. The summed E-state index contributed by atoms with van der Waals surface area (Å²) in [6.07, 6.45) is 2.39. The third kappa shape index (κ3) is 3.12. The van der Waals surface area contributed by atoms with Crippen molar-refractivity contribution in [1.29, 1.82) is 0 Å². The number of likely N-dealkylation sites (N-methyl/N-ethyl adjacent to an activating group) is 1. The minimum absolute atomic E-state index is 0.00979. The van der Waals surface area contributed by atoms with Crippen LogP contribution in [-0.4, -0.2) is 51.0 Å². The number of aliphatic hydroxyl groups excluding tert-OH is 2. The van der Waals surface area contributed by atoms with E-state index >= 15 is 0 Å². The highest BCUT2D eigenvalue weighted by Crippen LogP contribution is 2.16. The van der Waals surface area contributed by atoms with E-state index in [4.69, 9.17) is 5.11 Å². The molecule has 1 aromatic heterocycles. The van der Waals surface area contributed by atoms with Gasteiger partial charge in [-0.2, -0.15) is 0 Å². The molecule has 5 nitrogen and oxygen atoms in total. The van der Waals surface area contributed by atoms with Crippen LogP contribution in [0.1, 0.15) is 12.0 Å². The molecule has 1 unspecified atom stereocenters. The molecule has 5 heteroatoms. The molecule has 2 aromatic rings. The van der Waals surface area contributed by atoms with E-state index in [9.17, 15) is 5.11 Å². The summed E-state index contributed by atoms with van der Waals surface area (Å²) in [6.45, 7) is 0.884. The molecule has 0 aliphatic carbocycles. The molecule has 0 saturated carbocycles. The van der Waals surface area contributed by atoms with Gasteiger partial charge in [-0.3, -0.25) is 4.90 Å². The van der Waals surface area contributed by atoms with Crippen LogP contribution in [0.15, 0.2) is 24.5 Å². The molecular formula is C14H21N3O2. The predicted octanol–water partition coefficient (Wildman–Crippen LogP) is 0.748. The number of hydrogen-bond donors (Lipinski definition) is 2. The molecule has 0 spiro atoms. The van der Waals surface area contributed by atoms with Crippen molar-refractivity contribution >= 4 is 11.0 Å². The highest BCUT2D eigenvalue weighted by Gasteiger charge is 2.13. The van der Waals surface area contributed by atoms with Crippen LogP contribution < -0.4 is 0 Å². The fourth-order valence-corrected chi connectivity index (χ4v) is 2.30. The highest BCUT2D eigenvalue weighted by atomic mass is 16.3. The van der Waals surface area contributed by atoms with E-state index in [1.54, 1.807) is 6.33 Å². The van der Waals surface area contributed by atoms with Gasteiger partial charge in [0.05, 0.1) is 24.0 Å². The van der Waals surface area contributed by atoms with Gasteiger partial charge in [-0.25, -0.2) is 4.98 Å². The molecule has 2 rings (SSSR count). The molecule has 19 heavy (non-hydrogen) atoms. The highest BCUT2D eigenvalue weighted by molar-refractivity contribution is 5.75. The van der Waals surface area contributed by atoms with Crippen LogP contribution in [0.2, 0.25) is 0 Å². The monoisotopic (exact) mass is 263 g/mol. The molecule has 0 radical (unpaired) electrons. The van der Waals surface area contributed by atoms with Crippen molar-refractivity contribution in [3.63, 3.8) is 0 Å². The van der Waals surface area contributed by atoms with E-state index in [0.717, 1.165) is 23.1 Å². The summed E-state index contributed by atoms with van der Waals surface area (Å²) >= 11 is 0. The number of hydrogen-bond acceptors (Lipinski definition) is 4. The lowest BCUT2D eigenvalue weighted by molar-refractivity contribution is 0.115. The average molecular weight is 263 g/mol. The molecule has 0 aliphatic rings. The Kier molecular flexibility index (Phi) is 4.52. The average Bonchev–Trinajstić information content (AvgIpc) is 2.77. The quantitative estimate of drug-likeness (QED) is 0.807. The van der Waals surface area contributed by atoms with Gasteiger partial charge in [-0.15, -0.1) is 0 Å². The van der Waals surface area contributed by atoms with Gasteiger partial charge in [0.15, 0.2) is 0 Å². The van der Waals surface area contributed by atoms with E-state index < -0.39 is 0 Å². The Labute approximate surface area is 113 Å². The first-order chi connectivity index (χ1) is 9.15. The first-order valence-corrected chi connectivity index (χ1v) is 6.47. The fraction of sp³-hybridized carbons (Fsp3) is 0.500. The van der Waals surface area contributed by atoms with E-state index in [-0.39, 0.29) is 19.3 Å². The normalized spacial score (nSPS) is 13.3. The minimum atomic E-state index is -0.00979. The summed E-state index contributed by atoms with van der Waals surface area (Å²) in [7, 11) is 3.93. The van der Waals surface area contributed by atoms with E-state index in [2.05, 4.69) is 28.1 Å². The second kappa shape index (κ2) is 6.14. The lowest BCUT2D eigenvalue weighted by atomic mass is 10.1. The zero-order chi connectivity index (χ0) is 13.8. The number of imidazole rings is 1.